The van der Waals surface area contributed by atoms with Crippen LogP contribution in [0.3, 0.4) is 0 Å². The predicted molar refractivity (Wildman–Crippen MR) is 133 cm³/mol. The number of anilines is 3. The van der Waals surface area contributed by atoms with E-state index < -0.39 is 0 Å². The number of hydrogen-bond donors (Lipinski definition) is 0. The molecule has 0 aliphatic carbocycles. The molecule has 0 bridgehead atoms. The number of aryl methyl sites for hydroxylation is 1. The van der Waals surface area contributed by atoms with Gasteiger partial charge in [0.05, 0.1) is 17.3 Å². The Balaban J connectivity index is 1.50. The highest BCUT2D eigenvalue weighted by Crippen LogP contribution is 2.39. The second-order valence-electron chi connectivity index (χ2n) is 9.51. The molecule has 0 amide bonds. The largest absolute Gasteiger partial charge is 0.362 e. The number of piperidine rings is 1. The molecule has 5 heterocycles. The number of fused-ring (bicyclic) bond motifs is 3. The molecule has 6 rings (SSSR count). The molecule has 8 nitrogen and oxygen atoms in total. The molecule has 1 fully saturated rings. The normalized spacial score (nSPS) is 18.4. The fraction of sp³-hybridized carbons (Fsp3) is 0.440. The molecule has 0 spiro atoms. The highest BCUT2D eigenvalue weighted by Gasteiger charge is 2.31. The van der Waals surface area contributed by atoms with Gasteiger partial charge in [0, 0.05) is 51.2 Å². The SMILES string of the molecule is Cc1cccc2ncnc(N3CCCCC3c3cc4nc5c(c(N(C)C)n4n3)CCN5C)c12. The van der Waals surface area contributed by atoms with Crippen LogP contribution in [0.2, 0.25) is 0 Å². The van der Waals surface area contributed by atoms with E-state index in [0.717, 1.165) is 72.0 Å². The first-order valence-electron chi connectivity index (χ1n) is 11.8. The summed E-state index contributed by atoms with van der Waals surface area (Å²) in [6.07, 6.45) is 6.09. The predicted octanol–water partition coefficient (Wildman–Crippen LogP) is 3.77. The maximum atomic E-state index is 5.15. The Labute approximate surface area is 193 Å². The monoisotopic (exact) mass is 442 g/mol. The van der Waals surface area contributed by atoms with Crippen LogP contribution in [0.1, 0.15) is 42.1 Å². The molecule has 33 heavy (non-hydrogen) atoms. The lowest BCUT2D eigenvalue weighted by molar-refractivity contribution is 0.461. The van der Waals surface area contributed by atoms with E-state index in [1.807, 2.05) is 4.52 Å². The summed E-state index contributed by atoms with van der Waals surface area (Å²) < 4.78 is 2.05. The van der Waals surface area contributed by atoms with E-state index in [0.29, 0.717) is 0 Å². The molecule has 2 aliphatic rings. The van der Waals surface area contributed by atoms with Crippen LogP contribution in [0.15, 0.2) is 30.6 Å². The van der Waals surface area contributed by atoms with Gasteiger partial charge >= 0.3 is 0 Å². The molecule has 0 saturated carbocycles. The Morgan fingerprint density at radius 3 is 2.79 bits per heavy atom. The summed E-state index contributed by atoms with van der Waals surface area (Å²) >= 11 is 0. The van der Waals surface area contributed by atoms with Crippen molar-refractivity contribution in [1.29, 1.82) is 0 Å². The smallest absolute Gasteiger partial charge is 0.160 e. The van der Waals surface area contributed by atoms with E-state index in [1.165, 1.54) is 17.5 Å². The van der Waals surface area contributed by atoms with Gasteiger partial charge < -0.3 is 14.7 Å². The fourth-order valence-electron chi connectivity index (χ4n) is 5.55. The quantitative estimate of drug-likeness (QED) is 0.478. The first-order chi connectivity index (χ1) is 16.0. The molecule has 0 N–H and O–H groups in total. The van der Waals surface area contributed by atoms with E-state index >= 15 is 0 Å². The Morgan fingerprint density at radius 2 is 1.94 bits per heavy atom. The average Bonchev–Trinajstić information content (AvgIpc) is 3.40. The second-order valence-corrected chi connectivity index (χ2v) is 9.51. The first kappa shape index (κ1) is 20.2. The third-order valence-electron chi connectivity index (χ3n) is 7.12. The Hall–Kier alpha value is -3.42. The molecule has 1 atom stereocenters. The minimum absolute atomic E-state index is 0.167. The van der Waals surface area contributed by atoms with E-state index in [-0.39, 0.29) is 6.04 Å². The van der Waals surface area contributed by atoms with Crippen molar-refractivity contribution < 1.29 is 0 Å². The molecular formula is C25H30N8. The van der Waals surface area contributed by atoms with Crippen LogP contribution < -0.4 is 14.7 Å². The minimum Gasteiger partial charge on any atom is -0.362 e. The van der Waals surface area contributed by atoms with Gasteiger partial charge in [0.2, 0.25) is 0 Å². The standard InChI is InChI=1S/C25H30N8/c1-16-8-7-9-18-22(16)24(27-15-26-18)32-12-6-5-10-20(32)19-14-21-28-23-17(11-13-31(23)4)25(30(2)3)33(21)29-19/h7-9,14-15,20H,5-6,10-13H2,1-4H3. The number of rotatable bonds is 3. The summed E-state index contributed by atoms with van der Waals surface area (Å²) in [5.41, 5.74) is 5.46. The van der Waals surface area contributed by atoms with Gasteiger partial charge in [-0.1, -0.05) is 12.1 Å². The second kappa shape index (κ2) is 7.57. The number of aromatic nitrogens is 5. The van der Waals surface area contributed by atoms with Gasteiger partial charge in [-0.05, 0) is 44.2 Å². The van der Waals surface area contributed by atoms with Crippen LogP contribution in [-0.2, 0) is 6.42 Å². The summed E-state index contributed by atoms with van der Waals surface area (Å²) in [6.45, 7) is 4.11. The Bertz CT molecular complexity index is 1350. The Kier molecular flexibility index (Phi) is 4.64. The van der Waals surface area contributed by atoms with Gasteiger partial charge in [-0.15, -0.1) is 0 Å². The number of benzene rings is 1. The highest BCUT2D eigenvalue weighted by atomic mass is 15.4. The van der Waals surface area contributed by atoms with Crippen molar-refractivity contribution in [2.24, 2.45) is 0 Å². The van der Waals surface area contributed by atoms with Crippen LogP contribution in [0.25, 0.3) is 16.6 Å². The fourth-order valence-corrected chi connectivity index (χ4v) is 5.55. The highest BCUT2D eigenvalue weighted by molar-refractivity contribution is 5.92. The third-order valence-corrected chi connectivity index (χ3v) is 7.12. The zero-order valence-corrected chi connectivity index (χ0v) is 19.8. The molecule has 4 aromatic rings. The van der Waals surface area contributed by atoms with Crippen molar-refractivity contribution in [3.05, 3.63) is 47.4 Å². The van der Waals surface area contributed by atoms with Gasteiger partial charge in [-0.3, -0.25) is 0 Å². The number of nitrogens with zero attached hydrogens (tertiary/aromatic N) is 8. The van der Waals surface area contributed by atoms with Gasteiger partial charge in [0.15, 0.2) is 5.65 Å². The summed E-state index contributed by atoms with van der Waals surface area (Å²) in [4.78, 5) is 21.2. The van der Waals surface area contributed by atoms with Crippen molar-refractivity contribution in [3.63, 3.8) is 0 Å². The molecule has 1 aromatic carbocycles. The summed E-state index contributed by atoms with van der Waals surface area (Å²) in [7, 11) is 6.31. The van der Waals surface area contributed by atoms with Crippen LogP contribution in [0.5, 0.6) is 0 Å². The van der Waals surface area contributed by atoms with Crippen LogP contribution in [-0.4, -0.2) is 58.8 Å². The average molecular weight is 443 g/mol. The maximum absolute atomic E-state index is 5.15. The third kappa shape index (κ3) is 3.11. The van der Waals surface area contributed by atoms with E-state index in [1.54, 1.807) is 6.33 Å². The molecule has 1 unspecified atom stereocenters. The van der Waals surface area contributed by atoms with E-state index in [2.05, 4.69) is 72.0 Å². The number of hydrogen-bond acceptors (Lipinski definition) is 7. The number of likely N-dealkylation sites (N-methyl/N-ethyl adjacent to an activating group) is 1. The van der Waals surface area contributed by atoms with Crippen LogP contribution in [0.4, 0.5) is 17.5 Å². The lowest BCUT2D eigenvalue weighted by atomic mass is 9.98. The van der Waals surface area contributed by atoms with Gasteiger partial charge in [0.1, 0.15) is 23.8 Å². The topological polar surface area (TPSA) is 65.7 Å². The maximum Gasteiger partial charge on any atom is 0.160 e. The lowest BCUT2D eigenvalue weighted by Crippen LogP contribution is -2.34. The van der Waals surface area contributed by atoms with Crippen molar-refractivity contribution in [3.8, 4) is 0 Å². The van der Waals surface area contributed by atoms with Gasteiger partial charge in [0.25, 0.3) is 0 Å². The zero-order valence-electron chi connectivity index (χ0n) is 19.8. The molecule has 1 saturated heterocycles. The molecule has 2 aliphatic heterocycles. The summed E-state index contributed by atoms with van der Waals surface area (Å²) in [5.74, 6) is 3.23. The molecule has 3 aromatic heterocycles. The summed E-state index contributed by atoms with van der Waals surface area (Å²) in [6, 6.07) is 8.63. The van der Waals surface area contributed by atoms with Crippen LogP contribution >= 0.6 is 0 Å². The molecular weight excluding hydrogens is 412 g/mol. The van der Waals surface area contributed by atoms with Crippen molar-refractivity contribution in [2.45, 2.75) is 38.6 Å². The van der Waals surface area contributed by atoms with Crippen molar-refractivity contribution in [2.75, 3.05) is 48.9 Å². The van der Waals surface area contributed by atoms with Crippen molar-refractivity contribution in [1.82, 2.24) is 24.6 Å². The minimum atomic E-state index is 0.167. The zero-order chi connectivity index (χ0) is 22.7. The summed E-state index contributed by atoms with van der Waals surface area (Å²) in [5, 5.41) is 6.29. The Morgan fingerprint density at radius 1 is 1.06 bits per heavy atom. The van der Waals surface area contributed by atoms with Crippen molar-refractivity contribution >= 4 is 34.0 Å². The lowest BCUT2D eigenvalue weighted by Gasteiger charge is -2.36. The molecule has 8 heteroatoms. The van der Waals surface area contributed by atoms with Crippen LogP contribution in [0, 0.1) is 6.92 Å². The molecule has 170 valence electrons. The van der Waals surface area contributed by atoms with Gasteiger partial charge in [-0.25, -0.2) is 15.0 Å². The van der Waals surface area contributed by atoms with E-state index in [4.69, 9.17) is 15.1 Å². The van der Waals surface area contributed by atoms with E-state index in [9.17, 15) is 0 Å². The first-order valence-corrected chi connectivity index (χ1v) is 11.8. The van der Waals surface area contributed by atoms with Gasteiger partial charge in [-0.2, -0.15) is 9.61 Å². The molecule has 0 radical (unpaired) electrons.